The van der Waals surface area contributed by atoms with E-state index in [2.05, 4.69) is 30.1 Å². The van der Waals surface area contributed by atoms with Gasteiger partial charge >= 0.3 is 0 Å². The summed E-state index contributed by atoms with van der Waals surface area (Å²) >= 11 is 0. The van der Waals surface area contributed by atoms with Crippen LogP contribution in [0.2, 0.25) is 0 Å². The molecule has 0 fully saturated rings. The Morgan fingerprint density at radius 1 is 1.05 bits per heavy atom. The molecule has 19 heavy (non-hydrogen) atoms. The van der Waals surface area contributed by atoms with Crippen molar-refractivity contribution < 1.29 is 8.83 Å². The van der Waals surface area contributed by atoms with Gasteiger partial charge in [-0.1, -0.05) is 13.8 Å². The predicted octanol–water partition coefficient (Wildman–Crippen LogP) is 3.00. The van der Waals surface area contributed by atoms with Crippen molar-refractivity contribution in [3.05, 3.63) is 47.8 Å². The van der Waals surface area contributed by atoms with Gasteiger partial charge < -0.3 is 14.2 Å². The minimum atomic E-state index is 0.792. The number of rotatable bonds is 8. The fraction of sp³-hybridized carbons (Fsp3) is 0.467. The van der Waals surface area contributed by atoms with E-state index >= 15 is 0 Å². The van der Waals surface area contributed by atoms with E-state index in [0.29, 0.717) is 0 Å². The van der Waals surface area contributed by atoms with Gasteiger partial charge in [-0.2, -0.15) is 0 Å². The zero-order chi connectivity index (χ0) is 13.5. The molecule has 0 radical (unpaired) electrons. The standard InChI is InChI=1S/C15H22N2O2/c1-3-16-10-13-7-8-15(19-13)12-17(4-2)11-14-6-5-9-18-14/h5-9,16H,3-4,10-12H2,1-2H3. The molecule has 0 bridgehead atoms. The normalized spacial score (nSPS) is 11.3. The maximum atomic E-state index is 5.80. The van der Waals surface area contributed by atoms with Crippen LogP contribution in [-0.2, 0) is 19.6 Å². The molecule has 0 amide bonds. The Balaban J connectivity index is 1.88. The molecule has 1 N–H and O–H groups in total. The van der Waals surface area contributed by atoms with E-state index in [1.54, 1.807) is 6.26 Å². The highest BCUT2D eigenvalue weighted by Crippen LogP contribution is 2.13. The van der Waals surface area contributed by atoms with Gasteiger partial charge in [-0.3, -0.25) is 4.90 Å². The average molecular weight is 262 g/mol. The van der Waals surface area contributed by atoms with Crippen LogP contribution < -0.4 is 5.32 Å². The van der Waals surface area contributed by atoms with Gasteiger partial charge in [0.15, 0.2) is 0 Å². The van der Waals surface area contributed by atoms with Gasteiger partial charge in [0.05, 0.1) is 25.9 Å². The monoisotopic (exact) mass is 262 g/mol. The van der Waals surface area contributed by atoms with Crippen molar-refractivity contribution in [3.63, 3.8) is 0 Å². The molecule has 0 saturated carbocycles. The van der Waals surface area contributed by atoms with Crippen molar-refractivity contribution in [2.45, 2.75) is 33.5 Å². The molecule has 2 aromatic rings. The summed E-state index contributed by atoms with van der Waals surface area (Å²) in [5.74, 6) is 2.98. The predicted molar refractivity (Wildman–Crippen MR) is 74.6 cm³/mol. The smallest absolute Gasteiger partial charge is 0.118 e. The summed E-state index contributed by atoms with van der Waals surface area (Å²) < 4.78 is 11.2. The molecule has 0 aromatic carbocycles. The fourth-order valence-corrected chi connectivity index (χ4v) is 1.97. The summed E-state index contributed by atoms with van der Waals surface area (Å²) in [6.45, 7) is 8.56. The van der Waals surface area contributed by atoms with Crippen LogP contribution in [0.25, 0.3) is 0 Å². The highest BCUT2D eigenvalue weighted by Gasteiger charge is 2.09. The van der Waals surface area contributed by atoms with Gasteiger partial charge in [0.25, 0.3) is 0 Å². The van der Waals surface area contributed by atoms with Gasteiger partial charge in [0, 0.05) is 0 Å². The SMILES string of the molecule is CCNCc1ccc(CN(CC)Cc2ccco2)o1. The molecule has 0 aliphatic heterocycles. The van der Waals surface area contributed by atoms with Crippen molar-refractivity contribution in [3.8, 4) is 0 Å². The zero-order valence-electron chi connectivity index (χ0n) is 11.7. The van der Waals surface area contributed by atoms with E-state index in [4.69, 9.17) is 8.83 Å². The lowest BCUT2D eigenvalue weighted by Crippen LogP contribution is -2.21. The third kappa shape index (κ3) is 4.26. The summed E-state index contributed by atoms with van der Waals surface area (Å²) in [6.07, 6.45) is 1.71. The quantitative estimate of drug-likeness (QED) is 0.794. The molecule has 2 heterocycles. The van der Waals surface area contributed by atoms with Crippen LogP contribution in [0.5, 0.6) is 0 Å². The van der Waals surface area contributed by atoms with Gasteiger partial charge in [-0.25, -0.2) is 0 Å². The Morgan fingerprint density at radius 3 is 2.53 bits per heavy atom. The van der Waals surface area contributed by atoms with Crippen molar-refractivity contribution in [1.29, 1.82) is 0 Å². The largest absolute Gasteiger partial charge is 0.468 e. The molecular formula is C15H22N2O2. The van der Waals surface area contributed by atoms with Crippen molar-refractivity contribution in [2.24, 2.45) is 0 Å². The highest BCUT2D eigenvalue weighted by atomic mass is 16.3. The second-order valence-corrected chi connectivity index (χ2v) is 4.53. The lowest BCUT2D eigenvalue weighted by atomic mass is 10.3. The van der Waals surface area contributed by atoms with E-state index in [9.17, 15) is 0 Å². The first kappa shape index (κ1) is 13.9. The minimum absolute atomic E-state index is 0.792. The molecule has 4 nitrogen and oxygen atoms in total. The number of nitrogens with zero attached hydrogens (tertiary/aromatic N) is 1. The molecule has 0 unspecified atom stereocenters. The van der Waals surface area contributed by atoms with E-state index in [-0.39, 0.29) is 0 Å². The van der Waals surface area contributed by atoms with Crippen LogP contribution >= 0.6 is 0 Å². The molecule has 4 heteroatoms. The van der Waals surface area contributed by atoms with Crippen LogP contribution in [-0.4, -0.2) is 18.0 Å². The molecule has 0 aliphatic carbocycles. The molecule has 0 saturated heterocycles. The summed E-state index contributed by atoms with van der Waals surface area (Å²) in [6, 6.07) is 8.02. The van der Waals surface area contributed by atoms with E-state index in [1.165, 1.54) is 0 Å². The molecule has 104 valence electrons. The van der Waals surface area contributed by atoms with Crippen LogP contribution in [0, 0.1) is 0 Å². The molecule has 0 aliphatic rings. The number of hydrogen-bond acceptors (Lipinski definition) is 4. The fourth-order valence-electron chi connectivity index (χ4n) is 1.97. The summed E-state index contributed by atoms with van der Waals surface area (Å²) in [5, 5.41) is 3.26. The number of furan rings is 2. The molecule has 2 rings (SSSR count). The maximum absolute atomic E-state index is 5.80. The first-order chi connectivity index (χ1) is 9.31. The Kier molecular flexibility index (Phi) is 5.24. The van der Waals surface area contributed by atoms with E-state index in [0.717, 1.165) is 50.0 Å². The second-order valence-electron chi connectivity index (χ2n) is 4.53. The Morgan fingerprint density at radius 2 is 1.84 bits per heavy atom. The lowest BCUT2D eigenvalue weighted by molar-refractivity contribution is 0.226. The summed E-state index contributed by atoms with van der Waals surface area (Å²) in [7, 11) is 0. The number of nitrogens with one attached hydrogen (secondary N) is 1. The van der Waals surface area contributed by atoms with Gasteiger partial charge in [0.2, 0.25) is 0 Å². The Bertz CT molecular complexity index is 462. The van der Waals surface area contributed by atoms with Crippen LogP contribution in [0.4, 0.5) is 0 Å². The third-order valence-electron chi connectivity index (χ3n) is 3.05. The lowest BCUT2D eigenvalue weighted by Gasteiger charge is -2.17. The first-order valence-corrected chi connectivity index (χ1v) is 6.84. The Hall–Kier alpha value is -1.52. The van der Waals surface area contributed by atoms with Crippen LogP contribution in [0.15, 0.2) is 39.4 Å². The van der Waals surface area contributed by atoms with Crippen molar-refractivity contribution in [1.82, 2.24) is 10.2 Å². The van der Waals surface area contributed by atoms with Crippen molar-refractivity contribution >= 4 is 0 Å². The highest BCUT2D eigenvalue weighted by molar-refractivity contribution is 5.07. The van der Waals surface area contributed by atoms with E-state index < -0.39 is 0 Å². The van der Waals surface area contributed by atoms with Gasteiger partial charge in [-0.15, -0.1) is 0 Å². The molecular weight excluding hydrogens is 240 g/mol. The molecule has 0 atom stereocenters. The van der Waals surface area contributed by atoms with Gasteiger partial charge in [-0.05, 0) is 37.4 Å². The van der Waals surface area contributed by atoms with Crippen molar-refractivity contribution in [2.75, 3.05) is 13.1 Å². The average Bonchev–Trinajstić information content (AvgIpc) is 3.07. The molecule has 2 aromatic heterocycles. The summed E-state index contributed by atoms with van der Waals surface area (Å²) in [5.41, 5.74) is 0. The van der Waals surface area contributed by atoms with Gasteiger partial charge in [0.1, 0.15) is 17.3 Å². The molecule has 0 spiro atoms. The maximum Gasteiger partial charge on any atom is 0.118 e. The number of hydrogen-bond donors (Lipinski definition) is 1. The third-order valence-corrected chi connectivity index (χ3v) is 3.05. The minimum Gasteiger partial charge on any atom is -0.468 e. The second kappa shape index (κ2) is 7.16. The van der Waals surface area contributed by atoms with Crippen LogP contribution in [0.1, 0.15) is 31.1 Å². The zero-order valence-corrected chi connectivity index (χ0v) is 11.7. The first-order valence-electron chi connectivity index (χ1n) is 6.84. The Labute approximate surface area is 114 Å². The van der Waals surface area contributed by atoms with Crippen LogP contribution in [0.3, 0.4) is 0 Å². The summed E-state index contributed by atoms with van der Waals surface area (Å²) in [4.78, 5) is 2.29. The topological polar surface area (TPSA) is 41.5 Å². The van der Waals surface area contributed by atoms with E-state index in [1.807, 2.05) is 18.2 Å².